The van der Waals surface area contributed by atoms with E-state index in [2.05, 4.69) is 5.32 Å². The molecule has 128 valence electrons. The standard InChI is InChI=1S/C16H15ClFNO4S/c17-14-11-4-3-9(18)6-12(11)24-15(14)16(21)23-8-13(20)19-7-10-2-1-5-22-10/h3-4,6,10H,1-2,5,7-8H2,(H,19,20)/t10-/m1/s1. The Morgan fingerprint density at radius 2 is 2.29 bits per heavy atom. The van der Waals surface area contributed by atoms with E-state index in [0.717, 1.165) is 24.2 Å². The summed E-state index contributed by atoms with van der Waals surface area (Å²) in [7, 11) is 0. The minimum atomic E-state index is -0.700. The van der Waals surface area contributed by atoms with E-state index in [4.69, 9.17) is 21.1 Å². The molecule has 1 amide bonds. The third-order valence-corrected chi connectivity index (χ3v) is 5.30. The lowest BCUT2D eigenvalue weighted by Crippen LogP contribution is -2.34. The van der Waals surface area contributed by atoms with Crippen molar-refractivity contribution < 1.29 is 23.5 Å². The van der Waals surface area contributed by atoms with E-state index >= 15 is 0 Å². The van der Waals surface area contributed by atoms with Crippen LogP contribution in [0.3, 0.4) is 0 Å². The molecule has 5 nitrogen and oxygen atoms in total. The maximum absolute atomic E-state index is 13.2. The number of amides is 1. The molecule has 0 radical (unpaired) electrons. The van der Waals surface area contributed by atoms with Gasteiger partial charge >= 0.3 is 5.97 Å². The summed E-state index contributed by atoms with van der Waals surface area (Å²) < 4.78 is 24.2. The van der Waals surface area contributed by atoms with Crippen LogP contribution in [0.15, 0.2) is 18.2 Å². The summed E-state index contributed by atoms with van der Waals surface area (Å²) in [5.41, 5.74) is 0. The molecule has 1 atom stereocenters. The van der Waals surface area contributed by atoms with Crippen LogP contribution in [-0.4, -0.2) is 37.7 Å². The van der Waals surface area contributed by atoms with Crippen molar-refractivity contribution in [2.24, 2.45) is 0 Å². The lowest BCUT2D eigenvalue weighted by molar-refractivity contribution is -0.124. The summed E-state index contributed by atoms with van der Waals surface area (Å²) in [5.74, 6) is -1.51. The van der Waals surface area contributed by atoms with Crippen LogP contribution in [0.25, 0.3) is 10.1 Å². The maximum Gasteiger partial charge on any atom is 0.350 e. The Balaban J connectivity index is 1.56. The van der Waals surface area contributed by atoms with Crippen molar-refractivity contribution in [2.75, 3.05) is 19.8 Å². The van der Waals surface area contributed by atoms with Gasteiger partial charge in [-0.2, -0.15) is 0 Å². The Hall–Kier alpha value is -1.70. The molecule has 1 saturated heterocycles. The largest absolute Gasteiger partial charge is 0.451 e. The molecule has 1 aliphatic rings. The second-order valence-corrected chi connectivity index (χ2v) is 6.83. The van der Waals surface area contributed by atoms with Gasteiger partial charge in [0.1, 0.15) is 10.7 Å². The SMILES string of the molecule is O=C(COC(=O)c1sc2cc(F)ccc2c1Cl)NC[C@H]1CCCO1. The van der Waals surface area contributed by atoms with Crippen molar-refractivity contribution in [3.05, 3.63) is 33.9 Å². The molecule has 0 saturated carbocycles. The Bertz CT molecular complexity index is 773. The van der Waals surface area contributed by atoms with Crippen molar-refractivity contribution >= 4 is 44.9 Å². The summed E-state index contributed by atoms with van der Waals surface area (Å²) in [6.07, 6.45) is 1.92. The molecular weight excluding hydrogens is 357 g/mol. The third-order valence-electron chi connectivity index (χ3n) is 3.66. The number of esters is 1. The molecule has 3 rings (SSSR count). The van der Waals surface area contributed by atoms with Crippen molar-refractivity contribution in [1.82, 2.24) is 5.32 Å². The van der Waals surface area contributed by atoms with E-state index < -0.39 is 24.3 Å². The Kier molecular flexibility index (Phi) is 5.33. The molecular formula is C16H15ClFNO4S. The van der Waals surface area contributed by atoms with Gasteiger partial charge in [0.2, 0.25) is 0 Å². The fourth-order valence-electron chi connectivity index (χ4n) is 2.45. The highest BCUT2D eigenvalue weighted by molar-refractivity contribution is 7.21. The van der Waals surface area contributed by atoms with Gasteiger partial charge in [0.05, 0.1) is 11.1 Å². The molecule has 0 unspecified atom stereocenters. The Morgan fingerprint density at radius 1 is 1.46 bits per heavy atom. The lowest BCUT2D eigenvalue weighted by Gasteiger charge is -2.10. The molecule has 1 aromatic heterocycles. The highest BCUT2D eigenvalue weighted by Gasteiger charge is 2.20. The average Bonchev–Trinajstić information content (AvgIpc) is 3.18. The molecule has 24 heavy (non-hydrogen) atoms. The number of ether oxygens (including phenoxy) is 2. The third kappa shape index (κ3) is 3.85. The first kappa shape index (κ1) is 17.1. The number of rotatable bonds is 5. The smallest absolute Gasteiger partial charge is 0.350 e. The highest BCUT2D eigenvalue weighted by Crippen LogP contribution is 2.36. The molecule has 1 fully saturated rings. The number of thiophene rings is 1. The van der Waals surface area contributed by atoms with Crippen molar-refractivity contribution in [3.63, 3.8) is 0 Å². The maximum atomic E-state index is 13.2. The van der Waals surface area contributed by atoms with Gasteiger partial charge in [-0.15, -0.1) is 11.3 Å². The van der Waals surface area contributed by atoms with Gasteiger partial charge in [0.15, 0.2) is 6.61 Å². The van der Waals surface area contributed by atoms with E-state index in [1.54, 1.807) is 0 Å². The predicted molar refractivity (Wildman–Crippen MR) is 89.1 cm³/mol. The van der Waals surface area contributed by atoms with Gasteiger partial charge in [-0.05, 0) is 31.0 Å². The van der Waals surface area contributed by atoms with Crippen LogP contribution in [0.4, 0.5) is 4.39 Å². The van der Waals surface area contributed by atoms with Gasteiger partial charge in [-0.1, -0.05) is 11.6 Å². The van der Waals surface area contributed by atoms with Crippen molar-refractivity contribution in [2.45, 2.75) is 18.9 Å². The second-order valence-electron chi connectivity index (χ2n) is 5.40. The molecule has 1 aliphatic heterocycles. The zero-order valence-electron chi connectivity index (χ0n) is 12.6. The summed E-state index contributed by atoms with van der Waals surface area (Å²) in [4.78, 5) is 24.0. The number of carbonyl (C=O) groups excluding carboxylic acids is 2. The number of hydrogen-bond acceptors (Lipinski definition) is 5. The normalized spacial score (nSPS) is 17.2. The summed E-state index contributed by atoms with van der Waals surface area (Å²) in [6.45, 7) is 0.713. The van der Waals surface area contributed by atoms with E-state index in [9.17, 15) is 14.0 Å². The van der Waals surface area contributed by atoms with Gasteiger partial charge in [0, 0.05) is 23.2 Å². The van der Waals surface area contributed by atoms with Crippen LogP contribution in [0.2, 0.25) is 5.02 Å². The number of carbonyl (C=O) groups is 2. The minimum Gasteiger partial charge on any atom is -0.451 e. The zero-order valence-corrected chi connectivity index (χ0v) is 14.2. The number of nitrogens with one attached hydrogen (secondary N) is 1. The molecule has 1 N–H and O–H groups in total. The Morgan fingerprint density at radius 3 is 3.04 bits per heavy atom. The quantitative estimate of drug-likeness (QED) is 0.820. The monoisotopic (exact) mass is 371 g/mol. The van der Waals surface area contributed by atoms with E-state index in [0.29, 0.717) is 23.2 Å². The summed E-state index contributed by atoms with van der Waals surface area (Å²) in [5, 5.41) is 3.45. The van der Waals surface area contributed by atoms with Crippen molar-refractivity contribution in [3.8, 4) is 0 Å². The first-order valence-corrected chi connectivity index (χ1v) is 8.67. The molecule has 0 aliphatic carbocycles. The van der Waals surface area contributed by atoms with Crippen LogP contribution in [-0.2, 0) is 14.3 Å². The highest BCUT2D eigenvalue weighted by atomic mass is 35.5. The van der Waals surface area contributed by atoms with Crippen LogP contribution in [0.5, 0.6) is 0 Å². The molecule has 8 heteroatoms. The van der Waals surface area contributed by atoms with Crippen molar-refractivity contribution in [1.29, 1.82) is 0 Å². The summed E-state index contributed by atoms with van der Waals surface area (Å²) in [6, 6.07) is 4.08. The number of fused-ring (bicyclic) bond motifs is 1. The minimum absolute atomic E-state index is 0.0246. The molecule has 0 bridgehead atoms. The van der Waals surface area contributed by atoms with E-state index in [1.165, 1.54) is 18.2 Å². The van der Waals surface area contributed by atoms with E-state index in [1.807, 2.05) is 0 Å². The van der Waals surface area contributed by atoms with Gasteiger partial charge < -0.3 is 14.8 Å². The first-order valence-electron chi connectivity index (χ1n) is 7.47. The second kappa shape index (κ2) is 7.46. The van der Waals surface area contributed by atoms with Gasteiger partial charge in [0.25, 0.3) is 5.91 Å². The van der Waals surface area contributed by atoms with Crippen LogP contribution < -0.4 is 5.32 Å². The number of halogens is 2. The van der Waals surface area contributed by atoms with Crippen LogP contribution in [0, 0.1) is 5.82 Å². The van der Waals surface area contributed by atoms with Crippen LogP contribution >= 0.6 is 22.9 Å². The van der Waals surface area contributed by atoms with Gasteiger partial charge in [-0.25, -0.2) is 9.18 Å². The molecule has 1 aromatic carbocycles. The van der Waals surface area contributed by atoms with Crippen LogP contribution in [0.1, 0.15) is 22.5 Å². The topological polar surface area (TPSA) is 64.6 Å². The fourth-order valence-corrected chi connectivity index (χ4v) is 3.88. The predicted octanol–water partition coefficient (Wildman–Crippen LogP) is 3.15. The lowest BCUT2D eigenvalue weighted by atomic mass is 10.2. The Labute approximate surface area is 146 Å². The fraction of sp³-hybridized carbons (Fsp3) is 0.375. The van der Waals surface area contributed by atoms with E-state index in [-0.39, 0.29) is 16.0 Å². The molecule has 0 spiro atoms. The first-order chi connectivity index (χ1) is 11.5. The zero-order chi connectivity index (χ0) is 17.1. The molecule has 2 aromatic rings. The van der Waals surface area contributed by atoms with Gasteiger partial charge in [-0.3, -0.25) is 4.79 Å². The molecule has 2 heterocycles. The average molecular weight is 372 g/mol. The number of hydrogen-bond donors (Lipinski definition) is 1. The number of benzene rings is 1. The summed E-state index contributed by atoms with van der Waals surface area (Å²) >= 11 is 7.17.